The van der Waals surface area contributed by atoms with E-state index in [1.54, 1.807) is 0 Å². The van der Waals surface area contributed by atoms with E-state index in [9.17, 15) is 17.6 Å². The van der Waals surface area contributed by atoms with Gasteiger partial charge in [0.25, 0.3) is 0 Å². The Morgan fingerprint density at radius 1 is 1.37 bits per heavy atom. The molecule has 0 saturated heterocycles. The second kappa shape index (κ2) is 6.34. The van der Waals surface area contributed by atoms with Crippen LogP contribution in [-0.4, -0.2) is 25.2 Å². The lowest BCUT2D eigenvalue weighted by atomic mass is 10.2. The summed E-state index contributed by atoms with van der Waals surface area (Å²) in [4.78, 5) is 10.2. The normalized spacial score (nSPS) is 11.5. The Bertz CT molecular complexity index is 584. The fraction of sp³-hybridized carbons (Fsp3) is 0.417. The summed E-state index contributed by atoms with van der Waals surface area (Å²) in [6, 6.07) is 1.84. The number of carboxylic acids is 1. The van der Waals surface area contributed by atoms with Crippen LogP contribution in [0.5, 0.6) is 0 Å². The fourth-order valence-corrected chi connectivity index (χ4v) is 3.37. The number of sulfone groups is 1. The van der Waals surface area contributed by atoms with Gasteiger partial charge in [-0.15, -0.1) is 0 Å². The molecule has 4 nitrogen and oxygen atoms in total. The number of halogens is 2. The molecule has 19 heavy (non-hydrogen) atoms. The molecule has 0 fully saturated rings. The average molecular weight is 309 g/mol. The van der Waals surface area contributed by atoms with Gasteiger partial charge in [-0.05, 0) is 18.6 Å². The van der Waals surface area contributed by atoms with Crippen molar-refractivity contribution in [3.05, 3.63) is 28.5 Å². The van der Waals surface area contributed by atoms with Gasteiger partial charge in [-0.2, -0.15) is 0 Å². The topological polar surface area (TPSA) is 71.4 Å². The number of carbonyl (C=O) groups is 1. The van der Waals surface area contributed by atoms with Crippen molar-refractivity contribution < 1.29 is 22.7 Å². The maximum Gasteiger partial charge on any atom is 0.338 e. The lowest BCUT2D eigenvalue weighted by molar-refractivity contribution is 0.0691. The molecule has 0 saturated carbocycles. The van der Waals surface area contributed by atoms with Crippen molar-refractivity contribution in [3.8, 4) is 0 Å². The zero-order chi connectivity index (χ0) is 14.6. The summed E-state index contributed by atoms with van der Waals surface area (Å²) in [6.07, 6.45) is 1.92. The van der Waals surface area contributed by atoms with Crippen molar-refractivity contribution in [2.75, 3.05) is 5.75 Å². The molecule has 0 aliphatic heterocycles. The van der Waals surface area contributed by atoms with E-state index in [0.717, 1.165) is 18.6 Å². The first kappa shape index (κ1) is 15.9. The Morgan fingerprint density at radius 3 is 2.53 bits per heavy atom. The van der Waals surface area contributed by atoms with E-state index in [-0.39, 0.29) is 10.8 Å². The molecule has 0 spiro atoms. The third kappa shape index (κ3) is 3.91. The van der Waals surface area contributed by atoms with E-state index in [2.05, 4.69) is 0 Å². The van der Waals surface area contributed by atoms with E-state index in [0.29, 0.717) is 12.8 Å². The Labute approximate surface area is 116 Å². The van der Waals surface area contributed by atoms with Gasteiger partial charge in [0.1, 0.15) is 4.90 Å². The summed E-state index contributed by atoms with van der Waals surface area (Å²) < 4.78 is 37.8. The summed E-state index contributed by atoms with van der Waals surface area (Å²) >= 11 is 5.64. The van der Waals surface area contributed by atoms with Crippen LogP contribution in [0.15, 0.2) is 17.0 Å². The second-order valence-electron chi connectivity index (χ2n) is 4.10. The zero-order valence-electron chi connectivity index (χ0n) is 10.3. The highest BCUT2D eigenvalue weighted by molar-refractivity contribution is 7.91. The van der Waals surface area contributed by atoms with E-state index >= 15 is 0 Å². The molecule has 1 aromatic rings. The molecule has 1 N–H and O–H groups in total. The highest BCUT2D eigenvalue weighted by Gasteiger charge is 2.24. The maximum absolute atomic E-state index is 13.9. The summed E-state index contributed by atoms with van der Waals surface area (Å²) in [5.74, 6) is -3.03. The maximum atomic E-state index is 13.9. The molecular weight excluding hydrogens is 295 g/mol. The monoisotopic (exact) mass is 308 g/mol. The lowest BCUT2D eigenvalue weighted by Gasteiger charge is -2.08. The third-order valence-corrected chi connectivity index (χ3v) is 4.60. The van der Waals surface area contributed by atoms with Crippen LogP contribution in [0.1, 0.15) is 36.5 Å². The van der Waals surface area contributed by atoms with Crippen molar-refractivity contribution in [1.82, 2.24) is 0 Å². The number of rotatable bonds is 6. The van der Waals surface area contributed by atoms with Gasteiger partial charge < -0.3 is 5.11 Å². The number of hydrogen-bond donors (Lipinski definition) is 1. The molecule has 106 valence electrons. The summed E-state index contributed by atoms with van der Waals surface area (Å²) in [5, 5.41) is 8.68. The fourth-order valence-electron chi connectivity index (χ4n) is 1.60. The van der Waals surface area contributed by atoms with Crippen LogP contribution in [-0.2, 0) is 9.84 Å². The first-order valence-electron chi connectivity index (χ1n) is 5.74. The quantitative estimate of drug-likeness (QED) is 0.819. The minimum atomic E-state index is -3.86. The Morgan fingerprint density at radius 2 is 2.00 bits per heavy atom. The van der Waals surface area contributed by atoms with Crippen molar-refractivity contribution in [2.45, 2.75) is 31.1 Å². The Balaban J connectivity index is 3.23. The van der Waals surface area contributed by atoms with Gasteiger partial charge in [0.05, 0.1) is 11.3 Å². The van der Waals surface area contributed by atoms with Gasteiger partial charge in [0.2, 0.25) is 0 Å². The van der Waals surface area contributed by atoms with E-state index in [1.165, 1.54) is 0 Å². The molecule has 1 aromatic carbocycles. The van der Waals surface area contributed by atoms with E-state index in [4.69, 9.17) is 16.7 Å². The molecule has 0 aliphatic carbocycles. The van der Waals surface area contributed by atoms with Gasteiger partial charge in [-0.3, -0.25) is 0 Å². The molecule has 0 aliphatic rings. The average Bonchev–Trinajstić information content (AvgIpc) is 2.31. The van der Waals surface area contributed by atoms with Gasteiger partial charge in [-0.1, -0.05) is 31.4 Å². The Hall–Kier alpha value is -1.14. The number of carboxylic acid groups (broad SMARTS) is 1. The van der Waals surface area contributed by atoms with E-state index in [1.807, 2.05) is 6.92 Å². The minimum Gasteiger partial charge on any atom is -0.478 e. The second-order valence-corrected chi connectivity index (χ2v) is 6.61. The van der Waals surface area contributed by atoms with Crippen molar-refractivity contribution in [2.24, 2.45) is 0 Å². The standard InChI is InChI=1S/C12H14ClFO4S/c1-2-3-4-5-19(17,18)10-7-8(13)6-9(11(10)14)12(15)16/h6-7H,2-5H2,1H3,(H,15,16). The van der Waals surface area contributed by atoms with Crippen LogP contribution in [0.4, 0.5) is 4.39 Å². The van der Waals surface area contributed by atoms with Crippen LogP contribution in [0.2, 0.25) is 5.02 Å². The van der Waals surface area contributed by atoms with Gasteiger partial charge in [0, 0.05) is 5.02 Å². The number of aromatic carboxylic acids is 1. The first-order chi connectivity index (χ1) is 8.79. The number of benzene rings is 1. The number of unbranched alkanes of at least 4 members (excludes halogenated alkanes) is 2. The predicted molar refractivity (Wildman–Crippen MR) is 69.9 cm³/mol. The largest absolute Gasteiger partial charge is 0.478 e. The highest BCUT2D eigenvalue weighted by Crippen LogP contribution is 2.25. The summed E-state index contributed by atoms with van der Waals surface area (Å²) in [7, 11) is -3.86. The van der Waals surface area contributed by atoms with Crippen LogP contribution < -0.4 is 0 Å². The molecule has 7 heteroatoms. The lowest BCUT2D eigenvalue weighted by Crippen LogP contribution is -2.12. The summed E-state index contributed by atoms with van der Waals surface area (Å²) in [5.41, 5.74) is -0.735. The summed E-state index contributed by atoms with van der Waals surface area (Å²) in [6.45, 7) is 1.91. The van der Waals surface area contributed by atoms with Crippen LogP contribution >= 0.6 is 11.6 Å². The van der Waals surface area contributed by atoms with Gasteiger partial charge >= 0.3 is 5.97 Å². The molecule has 0 atom stereocenters. The molecule has 0 radical (unpaired) electrons. The number of hydrogen-bond acceptors (Lipinski definition) is 3. The Kier molecular flexibility index (Phi) is 5.31. The van der Waals surface area contributed by atoms with Crippen molar-refractivity contribution in [3.63, 3.8) is 0 Å². The first-order valence-corrected chi connectivity index (χ1v) is 7.77. The van der Waals surface area contributed by atoms with Gasteiger partial charge in [-0.25, -0.2) is 17.6 Å². The molecule has 0 aromatic heterocycles. The SMILES string of the molecule is CCCCCS(=O)(=O)c1cc(Cl)cc(C(=O)O)c1F. The smallest absolute Gasteiger partial charge is 0.338 e. The van der Waals surface area contributed by atoms with Crippen molar-refractivity contribution >= 4 is 27.4 Å². The van der Waals surface area contributed by atoms with Crippen molar-refractivity contribution in [1.29, 1.82) is 0 Å². The highest BCUT2D eigenvalue weighted by atomic mass is 35.5. The molecule has 0 bridgehead atoms. The molecule has 0 heterocycles. The zero-order valence-corrected chi connectivity index (χ0v) is 11.9. The predicted octanol–water partition coefficient (Wildman–Crippen LogP) is 3.14. The van der Waals surface area contributed by atoms with Gasteiger partial charge in [0.15, 0.2) is 15.7 Å². The molecule has 1 rings (SSSR count). The van der Waals surface area contributed by atoms with E-state index < -0.39 is 32.1 Å². The molecular formula is C12H14ClFO4S. The van der Waals surface area contributed by atoms with Crippen LogP contribution in [0.25, 0.3) is 0 Å². The van der Waals surface area contributed by atoms with Crippen LogP contribution in [0.3, 0.4) is 0 Å². The molecule has 0 amide bonds. The minimum absolute atomic E-state index is 0.118. The molecule has 0 unspecified atom stereocenters. The van der Waals surface area contributed by atoms with Crippen LogP contribution in [0, 0.1) is 5.82 Å². The third-order valence-electron chi connectivity index (χ3n) is 2.59.